The lowest BCUT2D eigenvalue weighted by Gasteiger charge is -2.39. The zero-order valence-electron chi connectivity index (χ0n) is 20.0. The SMILES string of the molecule is Cn1cc[n+](CCC(F)(F)C(F)(F)C(F)(F)C(F)(F)C(F)(F)C(F)(F)F)c1.O=S(=O)([O-])C(F)(F)C(F)(F)C(F)(F)C(F)(F)F. The van der Waals surface area contributed by atoms with E-state index in [1.54, 1.807) is 0 Å². The fraction of sp³-hybridized carbons (Fsp3) is 0.812. The van der Waals surface area contributed by atoms with Gasteiger partial charge in [-0.25, -0.2) is 17.6 Å². The van der Waals surface area contributed by atoms with Gasteiger partial charge >= 0.3 is 59.1 Å². The minimum atomic E-state index is -7.86. The van der Waals surface area contributed by atoms with Gasteiger partial charge in [0, 0.05) is 0 Å². The molecule has 0 radical (unpaired) electrons. The highest BCUT2D eigenvalue weighted by atomic mass is 32.2. The van der Waals surface area contributed by atoms with Crippen molar-refractivity contribution in [1.29, 1.82) is 0 Å². The van der Waals surface area contributed by atoms with Crippen molar-refractivity contribution in [1.82, 2.24) is 4.57 Å². The van der Waals surface area contributed by atoms with Crippen LogP contribution in [0.5, 0.6) is 0 Å². The van der Waals surface area contributed by atoms with Gasteiger partial charge in [-0.05, 0) is 0 Å². The Hall–Kier alpha value is -2.42. The van der Waals surface area contributed by atoms with Crippen molar-refractivity contribution in [3.05, 3.63) is 18.7 Å². The lowest BCUT2D eigenvalue weighted by molar-refractivity contribution is -0.699. The van der Waals surface area contributed by atoms with E-state index in [0.29, 0.717) is 0 Å². The molecule has 0 aliphatic carbocycles. The summed E-state index contributed by atoms with van der Waals surface area (Å²) >= 11 is 0. The average Bonchev–Trinajstić information content (AvgIpc) is 3.20. The molecule has 1 aromatic rings. The van der Waals surface area contributed by atoms with Crippen molar-refractivity contribution in [2.75, 3.05) is 0 Å². The molecule has 0 aliphatic rings. The number of imidazole rings is 1. The number of hydrogen-bond acceptors (Lipinski definition) is 3. The summed E-state index contributed by atoms with van der Waals surface area (Å²) in [6, 6.07) is 0. The smallest absolute Gasteiger partial charge is 0.460 e. The summed E-state index contributed by atoms with van der Waals surface area (Å²) in [4.78, 5) is 0. The summed E-state index contributed by atoms with van der Waals surface area (Å²) in [6.45, 7) is -1.15. The molecule has 0 saturated carbocycles. The molecule has 0 aliphatic heterocycles. The van der Waals surface area contributed by atoms with Crippen LogP contribution in [0.4, 0.5) is 96.6 Å². The summed E-state index contributed by atoms with van der Waals surface area (Å²) in [5, 5.41) is -7.11. The van der Waals surface area contributed by atoms with Crippen molar-refractivity contribution in [2.24, 2.45) is 7.05 Å². The molecular weight excluding hydrogens is 718 g/mol. The van der Waals surface area contributed by atoms with Gasteiger partial charge < -0.3 is 4.55 Å². The Morgan fingerprint density at radius 1 is 0.591 bits per heavy atom. The number of rotatable bonds is 10. The maximum Gasteiger partial charge on any atom is 0.460 e. The normalized spacial score (nSPS) is 15.6. The predicted molar refractivity (Wildman–Crippen MR) is 91.6 cm³/mol. The quantitative estimate of drug-likeness (QED) is 0.159. The van der Waals surface area contributed by atoms with Gasteiger partial charge in [0.1, 0.15) is 12.4 Å². The van der Waals surface area contributed by atoms with E-state index in [2.05, 4.69) is 0 Å². The number of aryl methyl sites for hydroxylation is 2. The standard InChI is InChI=1S/C12H10F13N2.C4HF9O3S/c1-26-4-5-27(6-26)3-2-7(13,14)8(15,16)9(17,18)10(19,20)11(21,22)12(23,24)25;5-1(6,3(9,10)11)2(7,8)4(12,13)17(14,15)16/h4-6H,2-3H2,1H3;(H,14,15,16)/q+1;/p-1. The Kier molecular flexibility index (Phi) is 10.8. The third kappa shape index (κ3) is 6.73. The summed E-state index contributed by atoms with van der Waals surface area (Å²) in [7, 11) is -6.07. The zero-order chi connectivity index (χ0) is 36.2. The first kappa shape index (κ1) is 41.6. The van der Waals surface area contributed by atoms with Crippen LogP contribution in [0.2, 0.25) is 0 Å². The molecule has 1 aromatic heterocycles. The summed E-state index contributed by atoms with van der Waals surface area (Å²) < 4.78 is 305. The number of nitrogens with zero attached hydrogens (tertiary/aromatic N) is 2. The Balaban J connectivity index is 0.000000938. The van der Waals surface area contributed by atoms with E-state index in [0.717, 1.165) is 17.1 Å². The number of hydrogen-bond donors (Lipinski definition) is 0. The summed E-state index contributed by atoms with van der Waals surface area (Å²) in [6.07, 6.45) is -13.6. The van der Waals surface area contributed by atoms with Crippen molar-refractivity contribution in [3.63, 3.8) is 0 Å². The van der Waals surface area contributed by atoms with E-state index in [-0.39, 0.29) is 0 Å². The van der Waals surface area contributed by atoms with E-state index >= 15 is 0 Å². The first-order chi connectivity index (χ1) is 18.7. The highest BCUT2D eigenvalue weighted by molar-refractivity contribution is 7.86. The Labute approximate surface area is 227 Å². The maximum absolute atomic E-state index is 13.5. The second-order valence-electron chi connectivity index (χ2n) is 8.18. The van der Waals surface area contributed by atoms with Crippen LogP contribution < -0.4 is 4.57 Å². The van der Waals surface area contributed by atoms with Crippen LogP contribution in [0.25, 0.3) is 0 Å². The Bertz CT molecular complexity index is 1250. The van der Waals surface area contributed by atoms with Gasteiger partial charge in [0.15, 0.2) is 10.1 Å². The number of halogens is 22. The van der Waals surface area contributed by atoms with Crippen molar-refractivity contribution in [2.45, 2.75) is 72.0 Å². The largest absolute Gasteiger partial charge is 0.743 e. The van der Waals surface area contributed by atoms with Gasteiger partial charge in [-0.3, -0.25) is 0 Å². The first-order valence-corrected chi connectivity index (χ1v) is 11.3. The maximum atomic E-state index is 13.5. The molecule has 0 unspecified atom stereocenters. The lowest BCUT2D eigenvalue weighted by atomic mass is 9.92. The number of aromatic nitrogens is 2. The van der Waals surface area contributed by atoms with Crippen LogP contribution in [0.15, 0.2) is 18.7 Å². The Morgan fingerprint density at radius 2 is 0.932 bits per heavy atom. The van der Waals surface area contributed by atoms with Crippen molar-refractivity contribution >= 4 is 10.1 Å². The molecule has 0 amide bonds. The molecule has 5 nitrogen and oxygen atoms in total. The lowest BCUT2D eigenvalue weighted by Crippen LogP contribution is -2.70. The van der Waals surface area contributed by atoms with E-state index in [4.69, 9.17) is 0 Å². The molecular formula is C16H10F22N2O3S. The molecule has 0 aromatic carbocycles. The number of alkyl halides is 22. The van der Waals surface area contributed by atoms with Crippen LogP contribution in [-0.4, -0.2) is 76.6 Å². The topological polar surface area (TPSA) is 66.0 Å². The molecule has 0 bridgehead atoms. The van der Waals surface area contributed by atoms with Gasteiger partial charge in [0.05, 0.1) is 20.0 Å². The molecule has 0 saturated heterocycles. The predicted octanol–water partition coefficient (Wildman–Crippen LogP) is 6.40. The molecule has 0 fully saturated rings. The van der Waals surface area contributed by atoms with Gasteiger partial charge in [0.2, 0.25) is 6.33 Å². The minimum Gasteiger partial charge on any atom is -0.743 e. The molecule has 1 rings (SSSR count). The van der Waals surface area contributed by atoms with Gasteiger partial charge in [-0.15, -0.1) is 0 Å². The van der Waals surface area contributed by atoms with E-state index in [1.807, 2.05) is 0 Å². The fourth-order valence-corrected chi connectivity index (χ4v) is 2.82. The van der Waals surface area contributed by atoms with Crippen molar-refractivity contribution < 1.29 is 114 Å². The first-order valence-electron chi connectivity index (χ1n) is 9.84. The molecule has 262 valence electrons. The van der Waals surface area contributed by atoms with Gasteiger partial charge in [-0.2, -0.15) is 96.6 Å². The molecule has 1 heterocycles. The second-order valence-corrected chi connectivity index (χ2v) is 9.61. The fourth-order valence-electron chi connectivity index (χ4n) is 2.38. The summed E-state index contributed by atoms with van der Waals surface area (Å²) in [5.41, 5.74) is 0. The average molecular weight is 728 g/mol. The van der Waals surface area contributed by atoms with E-state index in [1.165, 1.54) is 17.8 Å². The van der Waals surface area contributed by atoms with Gasteiger partial charge in [0.25, 0.3) is 0 Å². The van der Waals surface area contributed by atoms with Crippen LogP contribution >= 0.6 is 0 Å². The van der Waals surface area contributed by atoms with Crippen LogP contribution in [0, 0.1) is 0 Å². The van der Waals surface area contributed by atoms with E-state index < -0.39 is 82.1 Å². The highest BCUT2D eigenvalue weighted by Gasteiger charge is 2.90. The van der Waals surface area contributed by atoms with Crippen LogP contribution in [-0.2, 0) is 23.7 Å². The molecule has 44 heavy (non-hydrogen) atoms. The zero-order valence-corrected chi connectivity index (χ0v) is 20.8. The van der Waals surface area contributed by atoms with Crippen LogP contribution in [0.1, 0.15) is 6.42 Å². The minimum absolute atomic E-state index is 0.741. The van der Waals surface area contributed by atoms with Crippen molar-refractivity contribution in [3.8, 4) is 0 Å². The molecule has 0 atom stereocenters. The molecule has 0 spiro atoms. The molecule has 28 heteroatoms. The van der Waals surface area contributed by atoms with Gasteiger partial charge in [-0.1, -0.05) is 0 Å². The van der Waals surface area contributed by atoms with E-state index in [9.17, 15) is 110 Å². The second kappa shape index (κ2) is 11.4. The summed E-state index contributed by atoms with van der Waals surface area (Å²) in [5.74, 6) is -51.4. The van der Waals surface area contributed by atoms with Crippen LogP contribution in [0.3, 0.4) is 0 Å². The third-order valence-corrected chi connectivity index (χ3v) is 5.82. The molecule has 0 N–H and O–H groups in total. The Morgan fingerprint density at radius 3 is 1.23 bits per heavy atom. The monoisotopic (exact) mass is 728 g/mol. The highest BCUT2D eigenvalue weighted by Crippen LogP contribution is 2.60. The third-order valence-electron chi connectivity index (χ3n) is 4.94.